The second-order valence-corrected chi connectivity index (χ2v) is 18.1. The van der Waals surface area contributed by atoms with Crippen molar-refractivity contribution in [3.8, 4) is 11.8 Å². The van der Waals surface area contributed by atoms with Crippen molar-refractivity contribution in [2.45, 2.75) is 64.0 Å². The highest BCUT2D eigenvalue weighted by atomic mass is 28.3. The van der Waals surface area contributed by atoms with Gasteiger partial charge in [0.2, 0.25) is 5.91 Å². The number of aromatic nitrogens is 2. The van der Waals surface area contributed by atoms with Crippen LogP contribution in [0.25, 0.3) is 0 Å². The Kier molecular flexibility index (Phi) is 8.94. The highest BCUT2D eigenvalue weighted by molar-refractivity contribution is 6.76. The van der Waals surface area contributed by atoms with Crippen LogP contribution in [0.1, 0.15) is 57.7 Å². The molecule has 3 aliphatic rings. The molecule has 0 saturated carbocycles. The molecule has 2 aromatic rings. The van der Waals surface area contributed by atoms with E-state index in [1.54, 1.807) is 17.2 Å². The highest BCUT2D eigenvalue weighted by Crippen LogP contribution is 2.31. The minimum Gasteiger partial charge on any atom is -0.364 e. The second kappa shape index (κ2) is 12.6. The minimum atomic E-state index is -1.30. The number of benzene rings is 1. The molecule has 0 radical (unpaired) electrons. The van der Waals surface area contributed by atoms with Crippen LogP contribution in [0.4, 0.5) is 5.82 Å². The number of anilines is 1. The lowest BCUT2D eigenvalue weighted by Crippen LogP contribution is -2.55. The quantitative estimate of drug-likeness (QED) is 0.211. The third-order valence-electron chi connectivity index (χ3n) is 8.19. The molecular formula is C31H38N6O5Si. The number of rotatable bonds is 8. The van der Waals surface area contributed by atoms with Gasteiger partial charge in [-0.3, -0.25) is 24.1 Å². The standard InChI is InChI=1S/C31H38N6O5Si/c1-43(2,3)16-15-42-20-37-28(38)10-9-26(31(37)41)36-19-24-22(5-4-6-23(24)30(36)40)8-7-21-11-13-35(14-12-21)27-18-33-25(17-34-27)29(32)39/h4-6,17-18,21,26H,9-16,19-20H2,1-3H3,(H2,32,39). The summed E-state index contributed by atoms with van der Waals surface area (Å²) in [5, 5.41) is 0. The van der Waals surface area contributed by atoms with Crippen LogP contribution in [0.15, 0.2) is 30.6 Å². The molecule has 0 aliphatic carbocycles. The molecule has 226 valence electrons. The number of hydrogen-bond donors (Lipinski definition) is 1. The number of nitrogens with zero attached hydrogens (tertiary/aromatic N) is 5. The van der Waals surface area contributed by atoms with Gasteiger partial charge < -0.3 is 20.3 Å². The maximum atomic E-state index is 13.4. The Balaban J connectivity index is 1.21. The third-order valence-corrected chi connectivity index (χ3v) is 9.90. The van der Waals surface area contributed by atoms with Gasteiger partial charge in [-0.2, -0.15) is 0 Å². The molecule has 1 aromatic carbocycles. The Morgan fingerprint density at radius 1 is 1.09 bits per heavy atom. The molecule has 43 heavy (non-hydrogen) atoms. The largest absolute Gasteiger partial charge is 0.364 e. The van der Waals surface area contributed by atoms with Crippen LogP contribution in [0.3, 0.4) is 0 Å². The summed E-state index contributed by atoms with van der Waals surface area (Å²) in [6.07, 6.45) is 5.14. The predicted octanol–water partition coefficient (Wildman–Crippen LogP) is 2.63. The molecule has 2 saturated heterocycles. The van der Waals surface area contributed by atoms with Gasteiger partial charge in [0.1, 0.15) is 24.3 Å². The average Bonchev–Trinajstić information content (AvgIpc) is 3.32. The summed E-state index contributed by atoms with van der Waals surface area (Å²) in [6.45, 7) is 8.95. The Hall–Kier alpha value is -4.08. The van der Waals surface area contributed by atoms with Crippen LogP contribution in [-0.2, 0) is 20.9 Å². The van der Waals surface area contributed by atoms with E-state index in [2.05, 4.69) is 46.3 Å². The van der Waals surface area contributed by atoms with Crippen molar-refractivity contribution in [1.29, 1.82) is 0 Å². The summed E-state index contributed by atoms with van der Waals surface area (Å²) >= 11 is 0. The molecule has 0 spiro atoms. The second-order valence-electron chi connectivity index (χ2n) is 12.5. The number of carbonyl (C=O) groups is 4. The van der Waals surface area contributed by atoms with Gasteiger partial charge in [-0.05, 0) is 43.0 Å². The van der Waals surface area contributed by atoms with E-state index in [-0.39, 0.29) is 49.0 Å². The normalized spacial score (nSPS) is 19.4. The van der Waals surface area contributed by atoms with Crippen molar-refractivity contribution < 1.29 is 23.9 Å². The Labute approximate surface area is 252 Å². The molecule has 1 atom stereocenters. The van der Waals surface area contributed by atoms with E-state index in [9.17, 15) is 19.2 Å². The fourth-order valence-electron chi connectivity index (χ4n) is 5.55. The van der Waals surface area contributed by atoms with E-state index < -0.39 is 20.0 Å². The fraction of sp³-hybridized carbons (Fsp3) is 0.484. The van der Waals surface area contributed by atoms with Crippen LogP contribution in [0.5, 0.6) is 0 Å². The first-order chi connectivity index (χ1) is 20.5. The zero-order valence-corrected chi connectivity index (χ0v) is 26.0. The molecule has 1 unspecified atom stereocenters. The van der Waals surface area contributed by atoms with Gasteiger partial charge in [-0.15, -0.1) is 0 Å². The van der Waals surface area contributed by atoms with Crippen LogP contribution in [0, 0.1) is 17.8 Å². The first kappa shape index (κ1) is 30.4. The minimum absolute atomic E-state index is 0.0750. The van der Waals surface area contributed by atoms with Crippen LogP contribution in [0.2, 0.25) is 25.7 Å². The van der Waals surface area contributed by atoms with E-state index in [4.69, 9.17) is 10.5 Å². The zero-order chi connectivity index (χ0) is 30.7. The lowest BCUT2D eigenvalue weighted by molar-refractivity contribution is -0.158. The van der Waals surface area contributed by atoms with Gasteiger partial charge in [0, 0.05) is 57.8 Å². The molecule has 11 nitrogen and oxygen atoms in total. The molecule has 2 N–H and O–H groups in total. The molecule has 12 heteroatoms. The number of ether oxygens (including phenoxy) is 1. The monoisotopic (exact) mass is 602 g/mol. The molecule has 4 heterocycles. The van der Waals surface area contributed by atoms with Crippen molar-refractivity contribution in [2.75, 3.05) is 31.3 Å². The van der Waals surface area contributed by atoms with E-state index in [0.717, 1.165) is 43.1 Å². The number of hydrogen-bond acceptors (Lipinski definition) is 8. The zero-order valence-electron chi connectivity index (χ0n) is 25.0. The lowest BCUT2D eigenvalue weighted by atomic mass is 9.96. The summed E-state index contributed by atoms with van der Waals surface area (Å²) in [4.78, 5) is 63.9. The number of carbonyl (C=O) groups excluding carboxylic acids is 4. The highest BCUT2D eigenvalue weighted by Gasteiger charge is 2.43. The van der Waals surface area contributed by atoms with Crippen LogP contribution >= 0.6 is 0 Å². The van der Waals surface area contributed by atoms with Crippen LogP contribution < -0.4 is 10.6 Å². The number of amides is 4. The molecule has 1 aromatic heterocycles. The van der Waals surface area contributed by atoms with Crippen molar-refractivity contribution in [3.63, 3.8) is 0 Å². The van der Waals surface area contributed by atoms with Gasteiger partial charge in [0.05, 0.1) is 12.4 Å². The molecule has 2 fully saturated rings. The summed E-state index contributed by atoms with van der Waals surface area (Å²) in [6, 6.07) is 5.76. The fourth-order valence-corrected chi connectivity index (χ4v) is 6.30. The average molecular weight is 603 g/mol. The Bertz CT molecular complexity index is 1470. The number of imide groups is 1. The first-order valence-electron chi connectivity index (χ1n) is 14.7. The van der Waals surface area contributed by atoms with Gasteiger partial charge >= 0.3 is 0 Å². The summed E-state index contributed by atoms with van der Waals surface area (Å²) in [5.74, 6) is 6.14. The topological polar surface area (TPSA) is 139 Å². The Morgan fingerprint density at radius 3 is 2.53 bits per heavy atom. The Morgan fingerprint density at radius 2 is 1.86 bits per heavy atom. The number of likely N-dealkylation sites (tertiary alicyclic amines) is 1. The number of primary amides is 1. The first-order valence-corrected chi connectivity index (χ1v) is 18.5. The van der Waals surface area contributed by atoms with Crippen molar-refractivity contribution in [3.05, 3.63) is 53.0 Å². The number of piperidine rings is 2. The molecule has 5 rings (SSSR count). The van der Waals surface area contributed by atoms with E-state index in [1.807, 2.05) is 12.1 Å². The van der Waals surface area contributed by atoms with E-state index >= 15 is 0 Å². The number of fused-ring (bicyclic) bond motifs is 1. The van der Waals surface area contributed by atoms with Gasteiger partial charge in [0.25, 0.3) is 17.7 Å². The van der Waals surface area contributed by atoms with Crippen molar-refractivity contribution in [2.24, 2.45) is 11.7 Å². The summed E-state index contributed by atoms with van der Waals surface area (Å²) in [7, 11) is -1.30. The van der Waals surface area contributed by atoms with E-state index in [1.165, 1.54) is 11.1 Å². The molecule has 4 amide bonds. The SMILES string of the molecule is C[Si](C)(C)CCOCN1C(=O)CCC(N2Cc3c(C#CC4CCN(c5cnc(C(N)=O)cn5)CC4)cccc3C2=O)C1=O. The van der Waals surface area contributed by atoms with Gasteiger partial charge in [-0.25, -0.2) is 9.97 Å². The maximum Gasteiger partial charge on any atom is 0.268 e. The number of nitrogens with two attached hydrogens (primary N) is 1. The molecular weight excluding hydrogens is 564 g/mol. The lowest BCUT2D eigenvalue weighted by Gasteiger charge is -2.35. The predicted molar refractivity (Wildman–Crippen MR) is 163 cm³/mol. The van der Waals surface area contributed by atoms with Crippen molar-refractivity contribution in [1.82, 2.24) is 19.8 Å². The smallest absolute Gasteiger partial charge is 0.268 e. The molecule has 3 aliphatic heterocycles. The summed E-state index contributed by atoms with van der Waals surface area (Å²) in [5.41, 5.74) is 7.56. The summed E-state index contributed by atoms with van der Waals surface area (Å²) < 4.78 is 5.71. The van der Waals surface area contributed by atoms with Crippen molar-refractivity contribution >= 4 is 37.5 Å². The third kappa shape index (κ3) is 6.95. The maximum absolute atomic E-state index is 13.4. The molecule has 0 bridgehead atoms. The van der Waals surface area contributed by atoms with Crippen LogP contribution in [-0.4, -0.2) is 83.9 Å². The van der Waals surface area contributed by atoms with Gasteiger partial charge in [-0.1, -0.05) is 37.5 Å². The van der Waals surface area contributed by atoms with E-state index in [0.29, 0.717) is 24.4 Å². The van der Waals surface area contributed by atoms with Gasteiger partial charge in [0.15, 0.2) is 0 Å².